The van der Waals surface area contributed by atoms with Gasteiger partial charge in [0.2, 0.25) is 11.8 Å². The molecule has 4 nitrogen and oxygen atoms in total. The van der Waals surface area contributed by atoms with Crippen molar-refractivity contribution in [2.24, 2.45) is 11.3 Å². The van der Waals surface area contributed by atoms with Crippen LogP contribution in [-0.2, 0) is 9.59 Å². The molecule has 0 fully saturated rings. The molecule has 0 spiro atoms. The molecule has 2 N–H and O–H groups in total. The molecule has 0 radical (unpaired) electrons. The molecule has 0 saturated heterocycles. The van der Waals surface area contributed by atoms with Gasteiger partial charge in [-0.25, -0.2) is 0 Å². The van der Waals surface area contributed by atoms with Gasteiger partial charge in [0, 0.05) is 13.1 Å². The van der Waals surface area contributed by atoms with Crippen molar-refractivity contribution in [2.45, 2.75) is 40.5 Å². The molecular formula is C16H28N2O2. The number of carbonyl (C=O) groups is 2. The maximum Gasteiger partial charge on any atom is 0.243 e. The van der Waals surface area contributed by atoms with Crippen LogP contribution in [0.25, 0.3) is 0 Å². The third kappa shape index (κ3) is 10.4. The van der Waals surface area contributed by atoms with Gasteiger partial charge in [-0.15, -0.1) is 0 Å². The molecule has 2 amide bonds. The summed E-state index contributed by atoms with van der Waals surface area (Å²) in [6, 6.07) is 0. The standard InChI is InChI=1S/C16H28N2O2/c1-6-14(19)18-12-16(4,5)10-8-7-9-15(20)17-11-13(2)3/h6-7,9,13H,1,8,10-12H2,2-5H3,(H,17,20)(H,18,19)/b9-7+. The largest absolute Gasteiger partial charge is 0.352 e. The van der Waals surface area contributed by atoms with Crippen LogP contribution in [0.4, 0.5) is 0 Å². The first-order chi connectivity index (χ1) is 9.26. The van der Waals surface area contributed by atoms with E-state index in [4.69, 9.17) is 0 Å². The van der Waals surface area contributed by atoms with E-state index in [9.17, 15) is 9.59 Å². The normalized spacial score (nSPS) is 11.7. The second-order valence-electron chi connectivity index (χ2n) is 6.17. The Hall–Kier alpha value is -1.58. The van der Waals surface area contributed by atoms with Gasteiger partial charge < -0.3 is 10.6 Å². The van der Waals surface area contributed by atoms with Crippen LogP contribution in [0.15, 0.2) is 24.8 Å². The van der Waals surface area contributed by atoms with E-state index in [1.165, 1.54) is 6.08 Å². The molecule has 0 bridgehead atoms. The monoisotopic (exact) mass is 280 g/mol. The second-order valence-corrected chi connectivity index (χ2v) is 6.17. The van der Waals surface area contributed by atoms with Crippen molar-refractivity contribution in [3.63, 3.8) is 0 Å². The fraction of sp³-hybridized carbons (Fsp3) is 0.625. The molecule has 0 aliphatic carbocycles. The zero-order valence-electron chi connectivity index (χ0n) is 13.2. The lowest BCUT2D eigenvalue weighted by Gasteiger charge is -2.23. The van der Waals surface area contributed by atoms with Crippen molar-refractivity contribution >= 4 is 11.8 Å². The van der Waals surface area contributed by atoms with Crippen molar-refractivity contribution in [2.75, 3.05) is 13.1 Å². The molecule has 4 heteroatoms. The number of hydrogen-bond donors (Lipinski definition) is 2. The van der Waals surface area contributed by atoms with E-state index in [2.05, 4.69) is 44.9 Å². The number of nitrogens with one attached hydrogen (secondary N) is 2. The Labute approximate surface area is 122 Å². The molecule has 20 heavy (non-hydrogen) atoms. The summed E-state index contributed by atoms with van der Waals surface area (Å²) in [5, 5.41) is 5.63. The molecule has 114 valence electrons. The Morgan fingerprint density at radius 3 is 2.40 bits per heavy atom. The molecule has 0 aliphatic rings. The molecule has 0 aromatic rings. The summed E-state index contributed by atoms with van der Waals surface area (Å²) >= 11 is 0. The third-order valence-corrected chi connectivity index (χ3v) is 2.87. The van der Waals surface area contributed by atoms with E-state index < -0.39 is 0 Å². The van der Waals surface area contributed by atoms with E-state index in [1.807, 2.05) is 6.08 Å². The summed E-state index contributed by atoms with van der Waals surface area (Å²) in [5.74, 6) is 0.262. The first kappa shape index (κ1) is 18.4. The number of rotatable bonds is 9. The molecule has 0 saturated carbocycles. The first-order valence-corrected chi connectivity index (χ1v) is 7.11. The molecule has 0 rings (SSSR count). The maximum atomic E-state index is 11.5. The zero-order chi connectivity index (χ0) is 15.6. The minimum absolute atomic E-state index is 0.00256. The lowest BCUT2D eigenvalue weighted by Crippen LogP contribution is -2.32. The molecule has 0 unspecified atom stereocenters. The second kappa shape index (κ2) is 9.34. The predicted molar refractivity (Wildman–Crippen MR) is 83.2 cm³/mol. The van der Waals surface area contributed by atoms with E-state index >= 15 is 0 Å². The summed E-state index contributed by atoms with van der Waals surface area (Å²) in [5.41, 5.74) is -0.00256. The van der Waals surface area contributed by atoms with E-state index in [0.29, 0.717) is 19.0 Å². The van der Waals surface area contributed by atoms with Crippen LogP contribution in [0.3, 0.4) is 0 Å². The van der Waals surface area contributed by atoms with E-state index in [1.54, 1.807) is 6.08 Å². The van der Waals surface area contributed by atoms with Gasteiger partial charge in [0.05, 0.1) is 0 Å². The molecule has 0 atom stereocenters. The lowest BCUT2D eigenvalue weighted by molar-refractivity contribution is -0.117. The van der Waals surface area contributed by atoms with Crippen LogP contribution in [0.1, 0.15) is 40.5 Å². The quantitative estimate of drug-likeness (QED) is 0.637. The first-order valence-electron chi connectivity index (χ1n) is 7.11. The van der Waals surface area contributed by atoms with Crippen molar-refractivity contribution in [1.29, 1.82) is 0 Å². The van der Waals surface area contributed by atoms with Crippen molar-refractivity contribution in [3.05, 3.63) is 24.8 Å². The molecule has 0 aromatic heterocycles. The van der Waals surface area contributed by atoms with Gasteiger partial charge in [-0.3, -0.25) is 9.59 Å². The maximum absolute atomic E-state index is 11.5. The Morgan fingerprint density at radius 1 is 1.20 bits per heavy atom. The fourth-order valence-corrected chi connectivity index (χ4v) is 1.52. The van der Waals surface area contributed by atoms with E-state index in [-0.39, 0.29) is 17.2 Å². The van der Waals surface area contributed by atoms with Gasteiger partial charge in [-0.2, -0.15) is 0 Å². The Morgan fingerprint density at radius 2 is 1.85 bits per heavy atom. The zero-order valence-corrected chi connectivity index (χ0v) is 13.2. The highest BCUT2D eigenvalue weighted by molar-refractivity contribution is 5.87. The summed E-state index contributed by atoms with van der Waals surface area (Å²) in [6.45, 7) is 13.0. The van der Waals surface area contributed by atoms with Crippen LogP contribution in [0.2, 0.25) is 0 Å². The fourth-order valence-electron chi connectivity index (χ4n) is 1.52. The summed E-state index contributed by atoms with van der Waals surface area (Å²) < 4.78 is 0. The van der Waals surface area contributed by atoms with Gasteiger partial charge in [0.25, 0.3) is 0 Å². The van der Waals surface area contributed by atoms with Gasteiger partial charge >= 0.3 is 0 Å². The molecule has 0 aliphatic heterocycles. The molecule has 0 aromatic carbocycles. The third-order valence-electron chi connectivity index (χ3n) is 2.87. The average molecular weight is 280 g/mol. The topological polar surface area (TPSA) is 58.2 Å². The predicted octanol–water partition coefficient (Wildman–Crippen LogP) is 2.42. The highest BCUT2D eigenvalue weighted by atomic mass is 16.2. The number of amides is 2. The minimum atomic E-state index is -0.151. The van der Waals surface area contributed by atoms with Crippen molar-refractivity contribution in [1.82, 2.24) is 10.6 Å². The van der Waals surface area contributed by atoms with Crippen LogP contribution in [0.5, 0.6) is 0 Å². The summed E-state index contributed by atoms with van der Waals surface area (Å²) in [4.78, 5) is 22.6. The summed E-state index contributed by atoms with van der Waals surface area (Å²) in [6.07, 6.45) is 6.45. The molecular weight excluding hydrogens is 252 g/mol. The van der Waals surface area contributed by atoms with Gasteiger partial charge in [0.15, 0.2) is 0 Å². The Balaban J connectivity index is 3.93. The van der Waals surface area contributed by atoms with Crippen LogP contribution < -0.4 is 10.6 Å². The number of carbonyl (C=O) groups excluding carboxylic acids is 2. The minimum Gasteiger partial charge on any atom is -0.352 e. The van der Waals surface area contributed by atoms with Crippen molar-refractivity contribution < 1.29 is 9.59 Å². The Bertz CT molecular complexity index is 357. The number of allylic oxidation sites excluding steroid dienone is 1. The van der Waals surface area contributed by atoms with Crippen LogP contribution in [-0.4, -0.2) is 24.9 Å². The Kier molecular flexibility index (Phi) is 8.61. The van der Waals surface area contributed by atoms with E-state index in [0.717, 1.165) is 12.8 Å². The lowest BCUT2D eigenvalue weighted by atomic mass is 9.87. The highest BCUT2D eigenvalue weighted by Crippen LogP contribution is 2.21. The van der Waals surface area contributed by atoms with Gasteiger partial charge in [-0.1, -0.05) is 40.3 Å². The molecule has 0 heterocycles. The number of hydrogen-bond acceptors (Lipinski definition) is 2. The van der Waals surface area contributed by atoms with Gasteiger partial charge in [0.1, 0.15) is 0 Å². The van der Waals surface area contributed by atoms with Crippen LogP contribution >= 0.6 is 0 Å². The highest BCUT2D eigenvalue weighted by Gasteiger charge is 2.17. The average Bonchev–Trinajstić information content (AvgIpc) is 2.38. The summed E-state index contributed by atoms with van der Waals surface area (Å²) in [7, 11) is 0. The van der Waals surface area contributed by atoms with Crippen molar-refractivity contribution in [3.8, 4) is 0 Å². The van der Waals surface area contributed by atoms with Crippen LogP contribution in [0, 0.1) is 11.3 Å². The SMILES string of the molecule is C=CC(=O)NCC(C)(C)CC/C=C/C(=O)NCC(C)C. The van der Waals surface area contributed by atoms with Gasteiger partial charge in [-0.05, 0) is 36.3 Å². The smallest absolute Gasteiger partial charge is 0.243 e.